The summed E-state index contributed by atoms with van der Waals surface area (Å²) in [7, 11) is 0. The van der Waals surface area contributed by atoms with Gasteiger partial charge in [-0.15, -0.1) is 5.69 Å². The second kappa shape index (κ2) is 12.7. The van der Waals surface area contributed by atoms with Gasteiger partial charge in [-0.3, -0.25) is 0 Å². The van der Waals surface area contributed by atoms with E-state index in [1.165, 1.54) is 89.0 Å². The van der Waals surface area contributed by atoms with E-state index in [4.69, 9.17) is 5.73 Å². The first-order chi connectivity index (χ1) is 10.3. The maximum atomic E-state index is 7.46. The maximum Gasteiger partial charge on any atom is -0.0279 e. The minimum Gasteiger partial charge on any atom is -0.699 e. The fourth-order valence-corrected chi connectivity index (χ4v) is 2.84. The van der Waals surface area contributed by atoms with Crippen molar-refractivity contribution in [3.63, 3.8) is 0 Å². The first-order valence-corrected chi connectivity index (χ1v) is 9.13. The van der Waals surface area contributed by atoms with Crippen molar-refractivity contribution in [1.82, 2.24) is 0 Å². The topological polar surface area (TPSA) is 23.8 Å². The Morgan fingerprint density at radius 3 is 1.52 bits per heavy atom. The fraction of sp³-hybridized carbons (Fsp3) is 0.700. The molecule has 1 aromatic carbocycles. The molecule has 1 heteroatoms. The van der Waals surface area contributed by atoms with Gasteiger partial charge < -0.3 is 5.73 Å². The highest BCUT2D eigenvalue weighted by atomic mass is 14.5. The van der Waals surface area contributed by atoms with E-state index in [2.05, 4.69) is 19.1 Å². The Bertz CT molecular complexity index is 328. The van der Waals surface area contributed by atoms with Crippen LogP contribution in [0, 0.1) is 0 Å². The monoisotopic (exact) mass is 288 g/mol. The highest BCUT2D eigenvalue weighted by molar-refractivity contribution is 5.43. The average Bonchev–Trinajstić information content (AvgIpc) is 2.50. The first-order valence-electron chi connectivity index (χ1n) is 9.13. The van der Waals surface area contributed by atoms with Gasteiger partial charge in [0.05, 0.1) is 0 Å². The number of nitrogens with one attached hydrogen (secondary N) is 1. The SMILES string of the molecule is CCCCCCCCCCCCCCc1ccc([NH-])cc1. The van der Waals surface area contributed by atoms with Crippen LogP contribution >= 0.6 is 0 Å². The molecule has 0 saturated heterocycles. The molecule has 1 nitrogen and oxygen atoms in total. The summed E-state index contributed by atoms with van der Waals surface area (Å²) in [6, 6.07) is 7.99. The lowest BCUT2D eigenvalue weighted by atomic mass is 10.0. The van der Waals surface area contributed by atoms with Gasteiger partial charge in [0.15, 0.2) is 0 Å². The third kappa shape index (κ3) is 10.4. The summed E-state index contributed by atoms with van der Waals surface area (Å²) >= 11 is 0. The molecule has 1 rings (SSSR count). The molecule has 0 unspecified atom stereocenters. The van der Waals surface area contributed by atoms with Crippen LogP contribution in [0.15, 0.2) is 24.3 Å². The van der Waals surface area contributed by atoms with Crippen molar-refractivity contribution in [2.75, 3.05) is 0 Å². The molecule has 0 amide bonds. The van der Waals surface area contributed by atoms with E-state index in [-0.39, 0.29) is 0 Å². The third-order valence-corrected chi connectivity index (χ3v) is 4.27. The predicted molar refractivity (Wildman–Crippen MR) is 95.2 cm³/mol. The summed E-state index contributed by atoms with van der Waals surface area (Å²) < 4.78 is 0. The van der Waals surface area contributed by atoms with Gasteiger partial charge in [-0.1, -0.05) is 102 Å². The molecular weight excluding hydrogens is 254 g/mol. The molecule has 0 aliphatic rings. The van der Waals surface area contributed by atoms with Crippen molar-refractivity contribution in [2.45, 2.75) is 90.4 Å². The van der Waals surface area contributed by atoms with Gasteiger partial charge in [-0.05, 0) is 18.4 Å². The zero-order valence-electron chi connectivity index (χ0n) is 14.0. The summed E-state index contributed by atoms with van der Waals surface area (Å²) in [4.78, 5) is 0. The Labute approximate surface area is 132 Å². The molecule has 1 aromatic rings. The van der Waals surface area contributed by atoms with Crippen LogP contribution in [-0.2, 0) is 6.42 Å². The van der Waals surface area contributed by atoms with Gasteiger partial charge >= 0.3 is 0 Å². The molecule has 0 atom stereocenters. The minimum atomic E-state index is 0.619. The van der Waals surface area contributed by atoms with Crippen LogP contribution < -0.4 is 0 Å². The van der Waals surface area contributed by atoms with Crippen molar-refractivity contribution >= 4 is 5.69 Å². The summed E-state index contributed by atoms with van der Waals surface area (Å²) in [5.74, 6) is 0. The molecular formula is C20H34N-. The lowest BCUT2D eigenvalue weighted by molar-refractivity contribution is 0.544. The minimum absolute atomic E-state index is 0.619. The standard InChI is InChI=1S/C20H34N/c1-2-3-4-5-6-7-8-9-10-11-12-13-14-19-15-17-20(21)18-16-19/h15-18,21H,2-14H2,1H3/q-1. The van der Waals surface area contributed by atoms with Crippen molar-refractivity contribution < 1.29 is 0 Å². The van der Waals surface area contributed by atoms with Gasteiger partial charge in [0.2, 0.25) is 0 Å². The summed E-state index contributed by atoms with van der Waals surface area (Å²) in [6.07, 6.45) is 18.1. The van der Waals surface area contributed by atoms with Crippen LogP contribution in [0.4, 0.5) is 5.69 Å². The van der Waals surface area contributed by atoms with Gasteiger partial charge in [0.1, 0.15) is 0 Å². The molecule has 0 radical (unpaired) electrons. The van der Waals surface area contributed by atoms with Crippen molar-refractivity contribution in [3.05, 3.63) is 35.6 Å². The summed E-state index contributed by atoms with van der Waals surface area (Å²) in [5, 5.41) is 0. The normalized spacial score (nSPS) is 10.9. The largest absolute Gasteiger partial charge is 0.699 e. The Kier molecular flexibility index (Phi) is 11.0. The Morgan fingerprint density at radius 1 is 0.619 bits per heavy atom. The van der Waals surface area contributed by atoms with E-state index >= 15 is 0 Å². The summed E-state index contributed by atoms with van der Waals surface area (Å²) in [6.45, 7) is 2.28. The molecule has 0 saturated carbocycles. The van der Waals surface area contributed by atoms with E-state index < -0.39 is 0 Å². The number of benzene rings is 1. The number of rotatable bonds is 13. The van der Waals surface area contributed by atoms with Crippen LogP contribution in [0.3, 0.4) is 0 Å². The van der Waals surface area contributed by atoms with Crippen molar-refractivity contribution in [2.24, 2.45) is 0 Å². The van der Waals surface area contributed by atoms with Crippen LogP contribution in [0.25, 0.3) is 5.73 Å². The third-order valence-electron chi connectivity index (χ3n) is 4.27. The highest BCUT2D eigenvalue weighted by Gasteiger charge is 1.95. The van der Waals surface area contributed by atoms with E-state index in [0.29, 0.717) is 5.69 Å². The van der Waals surface area contributed by atoms with Crippen molar-refractivity contribution in [3.8, 4) is 0 Å². The van der Waals surface area contributed by atoms with Gasteiger partial charge in [-0.2, -0.15) is 0 Å². The number of unbranched alkanes of at least 4 members (excludes halogenated alkanes) is 11. The smallest absolute Gasteiger partial charge is 0.0279 e. The number of hydrogen-bond acceptors (Lipinski definition) is 0. The summed E-state index contributed by atoms with van der Waals surface area (Å²) in [5.41, 5.74) is 9.47. The average molecular weight is 288 g/mol. The maximum absolute atomic E-state index is 7.46. The van der Waals surface area contributed by atoms with Gasteiger partial charge in [0, 0.05) is 0 Å². The fourth-order valence-electron chi connectivity index (χ4n) is 2.84. The first kappa shape index (κ1) is 18.1. The number of hydrogen-bond donors (Lipinski definition) is 0. The Morgan fingerprint density at radius 2 is 1.05 bits per heavy atom. The quantitative estimate of drug-likeness (QED) is 0.333. The predicted octanol–water partition coefficient (Wildman–Crippen LogP) is 7.61. The zero-order chi connectivity index (χ0) is 15.2. The Balaban J connectivity index is 1.81. The van der Waals surface area contributed by atoms with Gasteiger partial charge in [0.25, 0.3) is 0 Å². The molecule has 0 bridgehead atoms. The lowest BCUT2D eigenvalue weighted by Gasteiger charge is -2.05. The van der Waals surface area contributed by atoms with Gasteiger partial charge in [-0.25, -0.2) is 0 Å². The molecule has 0 aromatic heterocycles. The second-order valence-electron chi connectivity index (χ2n) is 6.34. The van der Waals surface area contributed by atoms with E-state index in [0.717, 1.165) is 0 Å². The molecule has 0 fully saturated rings. The molecule has 0 spiro atoms. The van der Waals surface area contributed by atoms with Crippen LogP contribution in [0.1, 0.15) is 89.5 Å². The van der Waals surface area contributed by atoms with E-state index in [9.17, 15) is 0 Å². The molecule has 21 heavy (non-hydrogen) atoms. The molecule has 1 N–H and O–H groups in total. The molecule has 0 heterocycles. The Hall–Kier alpha value is -0.980. The molecule has 0 aliphatic heterocycles. The highest BCUT2D eigenvalue weighted by Crippen LogP contribution is 2.15. The molecule has 120 valence electrons. The lowest BCUT2D eigenvalue weighted by Crippen LogP contribution is -1.86. The van der Waals surface area contributed by atoms with E-state index in [1.807, 2.05) is 12.1 Å². The zero-order valence-corrected chi connectivity index (χ0v) is 14.0. The van der Waals surface area contributed by atoms with Crippen LogP contribution in [-0.4, -0.2) is 0 Å². The van der Waals surface area contributed by atoms with E-state index in [1.54, 1.807) is 0 Å². The second-order valence-corrected chi connectivity index (χ2v) is 6.34. The molecule has 0 aliphatic carbocycles. The van der Waals surface area contributed by atoms with Crippen molar-refractivity contribution in [1.29, 1.82) is 0 Å². The number of aryl methyl sites for hydroxylation is 1. The van der Waals surface area contributed by atoms with Crippen LogP contribution in [0.2, 0.25) is 0 Å². The van der Waals surface area contributed by atoms with Crippen LogP contribution in [0.5, 0.6) is 0 Å².